The molecule has 0 atom stereocenters. The van der Waals surface area contributed by atoms with Crippen molar-refractivity contribution in [3.63, 3.8) is 0 Å². The van der Waals surface area contributed by atoms with Crippen LogP contribution < -0.4 is 10.1 Å². The normalized spacial score (nSPS) is 10.6. The second-order valence-corrected chi connectivity index (χ2v) is 6.90. The van der Waals surface area contributed by atoms with Crippen molar-refractivity contribution in [3.8, 4) is 5.75 Å². The van der Waals surface area contributed by atoms with Crippen molar-refractivity contribution in [2.24, 2.45) is 0 Å². The molecule has 0 aliphatic heterocycles. The van der Waals surface area contributed by atoms with Gasteiger partial charge in [-0.25, -0.2) is 14.6 Å². The van der Waals surface area contributed by atoms with E-state index in [1.807, 2.05) is 32.9 Å². The first-order chi connectivity index (χ1) is 12.9. The van der Waals surface area contributed by atoms with E-state index in [1.54, 1.807) is 29.3 Å². The summed E-state index contributed by atoms with van der Waals surface area (Å²) in [5, 5.41) is 5.20. The number of anilines is 1. The number of rotatable bonds is 8. The van der Waals surface area contributed by atoms with Crippen LogP contribution >= 0.6 is 11.3 Å². The van der Waals surface area contributed by atoms with Crippen molar-refractivity contribution >= 4 is 29.0 Å². The molecular formula is C19H25N3O4S. The van der Waals surface area contributed by atoms with Gasteiger partial charge >= 0.3 is 12.0 Å². The lowest BCUT2D eigenvalue weighted by Gasteiger charge is -2.26. The monoisotopic (exact) mass is 391 g/mol. The number of carbonyl (C=O) groups excluding carboxylic acids is 2. The smallest absolute Gasteiger partial charge is 0.357 e. The second-order valence-electron chi connectivity index (χ2n) is 5.96. The molecule has 0 saturated carbocycles. The van der Waals surface area contributed by atoms with Crippen molar-refractivity contribution < 1.29 is 19.1 Å². The predicted octanol–water partition coefficient (Wildman–Crippen LogP) is 4.16. The SMILES string of the molecule is CCOC(=O)c1csc(CN(C(=O)Nc2ccc(OCC)cc2)C(C)C)n1. The highest BCUT2D eigenvalue weighted by atomic mass is 32.1. The number of aromatic nitrogens is 1. The number of amides is 2. The minimum Gasteiger partial charge on any atom is -0.494 e. The molecule has 27 heavy (non-hydrogen) atoms. The van der Waals surface area contributed by atoms with Crippen LogP contribution in [0.5, 0.6) is 5.75 Å². The summed E-state index contributed by atoms with van der Waals surface area (Å²) in [4.78, 5) is 30.4. The van der Waals surface area contributed by atoms with Gasteiger partial charge in [-0.05, 0) is 52.0 Å². The lowest BCUT2D eigenvalue weighted by Crippen LogP contribution is -2.39. The largest absolute Gasteiger partial charge is 0.494 e. The third-order valence-corrected chi connectivity index (χ3v) is 4.48. The maximum atomic E-state index is 12.7. The first-order valence-electron chi connectivity index (χ1n) is 8.86. The highest BCUT2D eigenvalue weighted by Crippen LogP contribution is 2.19. The Morgan fingerprint density at radius 1 is 1.19 bits per heavy atom. The Labute approximate surface area is 163 Å². The molecule has 146 valence electrons. The Hall–Kier alpha value is -2.61. The maximum Gasteiger partial charge on any atom is 0.357 e. The lowest BCUT2D eigenvalue weighted by atomic mass is 10.3. The molecule has 0 radical (unpaired) electrons. The van der Waals surface area contributed by atoms with E-state index in [0.717, 1.165) is 5.75 Å². The van der Waals surface area contributed by atoms with E-state index in [4.69, 9.17) is 9.47 Å². The number of thiazole rings is 1. The van der Waals surface area contributed by atoms with Gasteiger partial charge < -0.3 is 19.7 Å². The fraction of sp³-hybridized carbons (Fsp3) is 0.421. The molecule has 1 N–H and O–H groups in total. The summed E-state index contributed by atoms with van der Waals surface area (Å²) in [6, 6.07) is 6.94. The van der Waals surface area contributed by atoms with Crippen LogP contribution in [0, 0.1) is 0 Å². The molecule has 2 amide bonds. The summed E-state index contributed by atoms with van der Waals surface area (Å²) in [6.07, 6.45) is 0. The molecule has 2 rings (SSSR count). The number of nitrogens with zero attached hydrogens (tertiary/aromatic N) is 2. The molecular weight excluding hydrogens is 366 g/mol. The average molecular weight is 391 g/mol. The first-order valence-corrected chi connectivity index (χ1v) is 9.74. The van der Waals surface area contributed by atoms with E-state index in [-0.39, 0.29) is 17.8 Å². The zero-order valence-corrected chi connectivity index (χ0v) is 16.8. The van der Waals surface area contributed by atoms with Crippen LogP contribution in [-0.2, 0) is 11.3 Å². The zero-order valence-electron chi connectivity index (χ0n) is 16.0. The van der Waals surface area contributed by atoms with E-state index in [2.05, 4.69) is 10.3 Å². The van der Waals surface area contributed by atoms with Gasteiger partial charge in [-0.15, -0.1) is 11.3 Å². The summed E-state index contributed by atoms with van der Waals surface area (Å²) >= 11 is 1.33. The summed E-state index contributed by atoms with van der Waals surface area (Å²) in [5.41, 5.74) is 0.952. The van der Waals surface area contributed by atoms with Gasteiger partial charge in [-0.3, -0.25) is 0 Å². The first kappa shape index (κ1) is 20.7. The molecule has 0 fully saturated rings. The zero-order chi connectivity index (χ0) is 19.8. The van der Waals surface area contributed by atoms with E-state index in [0.29, 0.717) is 30.5 Å². The van der Waals surface area contributed by atoms with Gasteiger partial charge in [0.1, 0.15) is 10.8 Å². The van der Waals surface area contributed by atoms with Crippen molar-refractivity contribution in [2.45, 2.75) is 40.3 Å². The van der Waals surface area contributed by atoms with Crippen LogP contribution in [-0.4, -0.2) is 41.1 Å². The van der Waals surface area contributed by atoms with Crippen LogP contribution in [0.25, 0.3) is 0 Å². The average Bonchev–Trinajstić information content (AvgIpc) is 3.10. The Kier molecular flexibility index (Phi) is 7.60. The molecule has 1 aromatic carbocycles. The van der Waals surface area contributed by atoms with Crippen LogP contribution in [0.15, 0.2) is 29.6 Å². The fourth-order valence-electron chi connectivity index (χ4n) is 2.31. The van der Waals surface area contributed by atoms with E-state index in [1.165, 1.54) is 11.3 Å². The summed E-state index contributed by atoms with van der Waals surface area (Å²) in [5.74, 6) is 0.306. The molecule has 0 unspecified atom stereocenters. The van der Waals surface area contributed by atoms with Gasteiger partial charge in [0.2, 0.25) is 0 Å². The number of urea groups is 1. The lowest BCUT2D eigenvalue weighted by molar-refractivity contribution is 0.0520. The molecule has 0 bridgehead atoms. The van der Waals surface area contributed by atoms with Gasteiger partial charge in [0.25, 0.3) is 0 Å². The molecule has 7 nitrogen and oxygen atoms in total. The summed E-state index contributed by atoms with van der Waals surface area (Å²) in [7, 11) is 0. The number of esters is 1. The van der Waals surface area contributed by atoms with E-state index in [9.17, 15) is 9.59 Å². The van der Waals surface area contributed by atoms with Gasteiger partial charge in [0.15, 0.2) is 5.69 Å². The molecule has 0 aliphatic rings. The number of benzene rings is 1. The Morgan fingerprint density at radius 3 is 2.48 bits per heavy atom. The highest BCUT2D eigenvalue weighted by Gasteiger charge is 2.20. The topological polar surface area (TPSA) is 80.8 Å². The quantitative estimate of drug-likeness (QED) is 0.684. The molecule has 0 aliphatic carbocycles. The van der Waals surface area contributed by atoms with Gasteiger partial charge in [0, 0.05) is 17.1 Å². The van der Waals surface area contributed by atoms with Crippen molar-refractivity contribution in [2.75, 3.05) is 18.5 Å². The van der Waals surface area contributed by atoms with Gasteiger partial charge in [-0.1, -0.05) is 0 Å². The van der Waals surface area contributed by atoms with Crippen LogP contribution in [0.2, 0.25) is 0 Å². The van der Waals surface area contributed by atoms with Crippen LogP contribution in [0.3, 0.4) is 0 Å². The molecule has 1 aromatic heterocycles. The third-order valence-electron chi connectivity index (χ3n) is 3.64. The number of carbonyl (C=O) groups is 2. The molecule has 8 heteroatoms. The number of hydrogen-bond donors (Lipinski definition) is 1. The molecule has 0 saturated heterocycles. The third kappa shape index (κ3) is 5.96. The Morgan fingerprint density at radius 2 is 1.89 bits per heavy atom. The van der Waals surface area contributed by atoms with E-state index < -0.39 is 5.97 Å². The summed E-state index contributed by atoms with van der Waals surface area (Å²) < 4.78 is 10.4. The molecule has 1 heterocycles. The highest BCUT2D eigenvalue weighted by molar-refractivity contribution is 7.09. The van der Waals surface area contributed by atoms with Crippen molar-refractivity contribution in [1.82, 2.24) is 9.88 Å². The van der Waals surface area contributed by atoms with Crippen molar-refractivity contribution in [1.29, 1.82) is 0 Å². The Bertz CT molecular complexity index is 759. The maximum absolute atomic E-state index is 12.7. The number of hydrogen-bond acceptors (Lipinski definition) is 6. The van der Waals surface area contributed by atoms with Gasteiger partial charge in [0.05, 0.1) is 19.8 Å². The van der Waals surface area contributed by atoms with Crippen LogP contribution in [0.4, 0.5) is 10.5 Å². The number of nitrogens with one attached hydrogen (secondary N) is 1. The van der Waals surface area contributed by atoms with Gasteiger partial charge in [-0.2, -0.15) is 0 Å². The summed E-state index contributed by atoms with van der Waals surface area (Å²) in [6.45, 7) is 8.72. The Balaban J connectivity index is 2.03. The number of ether oxygens (including phenoxy) is 2. The van der Waals surface area contributed by atoms with Crippen LogP contribution in [0.1, 0.15) is 43.2 Å². The minimum absolute atomic E-state index is 0.0392. The minimum atomic E-state index is -0.449. The second kappa shape index (κ2) is 9.91. The van der Waals surface area contributed by atoms with Crippen molar-refractivity contribution in [3.05, 3.63) is 40.3 Å². The fourth-order valence-corrected chi connectivity index (χ4v) is 3.07. The van der Waals surface area contributed by atoms with E-state index >= 15 is 0 Å². The molecule has 2 aromatic rings. The molecule has 0 spiro atoms. The standard InChI is InChI=1S/C19H25N3O4S/c1-5-25-15-9-7-14(8-10-15)20-19(24)22(13(3)4)11-17-21-16(12-27-17)18(23)26-6-2/h7-10,12-13H,5-6,11H2,1-4H3,(H,20,24). The predicted molar refractivity (Wildman–Crippen MR) is 105 cm³/mol.